The lowest BCUT2D eigenvalue weighted by atomic mass is 10.2. The number of allylic oxidation sites excluding steroid dienone is 8. The Morgan fingerprint density at radius 2 is 1.35 bits per heavy atom. The monoisotopic (exact) mass is 318 g/mol. The van der Waals surface area contributed by atoms with Gasteiger partial charge in [-0.25, -0.2) is 0 Å². The molecule has 0 rings (SSSR count). The first-order valence-corrected chi connectivity index (χ1v) is 9.06. The molecular formula is C21H34O2. The van der Waals surface area contributed by atoms with E-state index in [0.717, 1.165) is 51.4 Å². The summed E-state index contributed by atoms with van der Waals surface area (Å²) in [5.41, 5.74) is 0. The number of hydrogen-bond acceptors (Lipinski definition) is 2. The van der Waals surface area contributed by atoms with Gasteiger partial charge in [0.15, 0.2) is 0 Å². The SMILES string of the molecule is CC/C=C/C/C=C/C/C=C/C/C=C/CCCCC(=O)OCCC. The number of esters is 1. The van der Waals surface area contributed by atoms with E-state index in [1.54, 1.807) is 0 Å². The molecule has 2 heteroatoms. The maximum Gasteiger partial charge on any atom is 0.305 e. The summed E-state index contributed by atoms with van der Waals surface area (Å²) < 4.78 is 5.04. The molecule has 0 amide bonds. The highest BCUT2D eigenvalue weighted by Gasteiger charge is 2.00. The third-order valence-electron chi connectivity index (χ3n) is 3.19. The van der Waals surface area contributed by atoms with Gasteiger partial charge in [-0.1, -0.05) is 62.5 Å². The van der Waals surface area contributed by atoms with E-state index in [9.17, 15) is 4.79 Å². The highest BCUT2D eigenvalue weighted by Crippen LogP contribution is 2.03. The molecule has 23 heavy (non-hydrogen) atoms. The molecular weight excluding hydrogens is 284 g/mol. The Hall–Kier alpha value is -1.57. The van der Waals surface area contributed by atoms with Gasteiger partial charge in [0.2, 0.25) is 0 Å². The lowest BCUT2D eigenvalue weighted by Crippen LogP contribution is -2.04. The van der Waals surface area contributed by atoms with Crippen molar-refractivity contribution in [2.45, 2.75) is 71.6 Å². The molecule has 0 saturated heterocycles. The van der Waals surface area contributed by atoms with Crippen molar-refractivity contribution in [3.8, 4) is 0 Å². The second-order valence-corrected chi connectivity index (χ2v) is 5.47. The minimum atomic E-state index is -0.0583. The van der Waals surface area contributed by atoms with Gasteiger partial charge in [-0.05, 0) is 51.4 Å². The predicted octanol–water partition coefficient (Wildman–Crippen LogP) is 6.31. The van der Waals surface area contributed by atoms with Gasteiger partial charge >= 0.3 is 5.97 Å². The molecule has 2 nitrogen and oxygen atoms in total. The average Bonchev–Trinajstić information content (AvgIpc) is 2.56. The van der Waals surface area contributed by atoms with Crippen LogP contribution in [0.2, 0.25) is 0 Å². The lowest BCUT2D eigenvalue weighted by molar-refractivity contribution is -0.143. The van der Waals surface area contributed by atoms with E-state index in [0.29, 0.717) is 13.0 Å². The summed E-state index contributed by atoms with van der Waals surface area (Å²) >= 11 is 0. The fraction of sp³-hybridized carbons (Fsp3) is 0.571. The second-order valence-electron chi connectivity index (χ2n) is 5.47. The first kappa shape index (κ1) is 21.4. The van der Waals surface area contributed by atoms with Gasteiger partial charge in [0, 0.05) is 6.42 Å². The molecule has 0 heterocycles. The Balaban J connectivity index is 3.41. The maximum atomic E-state index is 11.3. The van der Waals surface area contributed by atoms with Crippen LogP contribution in [0.4, 0.5) is 0 Å². The van der Waals surface area contributed by atoms with E-state index in [1.165, 1.54) is 0 Å². The summed E-state index contributed by atoms with van der Waals surface area (Å²) in [6.45, 7) is 4.71. The fourth-order valence-corrected chi connectivity index (χ4v) is 1.92. The van der Waals surface area contributed by atoms with Crippen molar-refractivity contribution >= 4 is 5.97 Å². The molecule has 0 N–H and O–H groups in total. The molecule has 0 spiro atoms. The minimum Gasteiger partial charge on any atom is -0.466 e. The van der Waals surface area contributed by atoms with Gasteiger partial charge in [-0.3, -0.25) is 4.79 Å². The minimum absolute atomic E-state index is 0.0583. The van der Waals surface area contributed by atoms with Gasteiger partial charge < -0.3 is 4.74 Å². The lowest BCUT2D eigenvalue weighted by Gasteiger charge is -2.01. The number of rotatable bonds is 14. The van der Waals surface area contributed by atoms with Crippen molar-refractivity contribution < 1.29 is 9.53 Å². The summed E-state index contributed by atoms with van der Waals surface area (Å²) in [5, 5.41) is 0. The first-order chi connectivity index (χ1) is 11.3. The van der Waals surface area contributed by atoms with Crippen molar-refractivity contribution in [3.05, 3.63) is 48.6 Å². The molecule has 130 valence electrons. The summed E-state index contributed by atoms with van der Waals surface area (Å²) in [4.78, 5) is 11.3. The predicted molar refractivity (Wildman–Crippen MR) is 100 cm³/mol. The van der Waals surface area contributed by atoms with Crippen LogP contribution in [0.1, 0.15) is 71.6 Å². The van der Waals surface area contributed by atoms with Crippen LogP contribution >= 0.6 is 0 Å². The summed E-state index contributed by atoms with van der Waals surface area (Å²) in [5.74, 6) is -0.0583. The van der Waals surface area contributed by atoms with Crippen LogP contribution in [-0.4, -0.2) is 12.6 Å². The van der Waals surface area contributed by atoms with Crippen molar-refractivity contribution in [1.29, 1.82) is 0 Å². The van der Waals surface area contributed by atoms with Crippen LogP contribution in [0.25, 0.3) is 0 Å². The zero-order valence-corrected chi connectivity index (χ0v) is 15.0. The van der Waals surface area contributed by atoms with Gasteiger partial charge in [0.25, 0.3) is 0 Å². The summed E-state index contributed by atoms with van der Waals surface area (Å²) in [6.07, 6.45) is 26.2. The molecule has 0 atom stereocenters. The Morgan fingerprint density at radius 1 is 0.783 bits per heavy atom. The molecule has 0 aliphatic carbocycles. The molecule has 0 aromatic rings. The van der Waals surface area contributed by atoms with E-state index in [4.69, 9.17) is 4.74 Å². The molecule has 0 unspecified atom stereocenters. The third kappa shape index (κ3) is 18.4. The van der Waals surface area contributed by atoms with E-state index in [-0.39, 0.29) is 5.97 Å². The van der Waals surface area contributed by atoms with Gasteiger partial charge in [-0.15, -0.1) is 0 Å². The van der Waals surface area contributed by atoms with Crippen molar-refractivity contribution in [3.63, 3.8) is 0 Å². The van der Waals surface area contributed by atoms with Crippen LogP contribution in [0.3, 0.4) is 0 Å². The Morgan fingerprint density at radius 3 is 1.91 bits per heavy atom. The smallest absolute Gasteiger partial charge is 0.305 e. The zero-order chi connectivity index (χ0) is 17.0. The normalized spacial score (nSPS) is 12.3. The van der Waals surface area contributed by atoms with Crippen LogP contribution in [0, 0.1) is 0 Å². The van der Waals surface area contributed by atoms with Crippen LogP contribution in [0.15, 0.2) is 48.6 Å². The second kappa shape index (κ2) is 18.5. The highest BCUT2D eigenvalue weighted by atomic mass is 16.5. The number of hydrogen-bond donors (Lipinski definition) is 0. The van der Waals surface area contributed by atoms with Crippen molar-refractivity contribution in [1.82, 2.24) is 0 Å². The van der Waals surface area contributed by atoms with Gasteiger partial charge in [0.1, 0.15) is 0 Å². The van der Waals surface area contributed by atoms with Gasteiger partial charge in [0.05, 0.1) is 6.61 Å². The fourth-order valence-electron chi connectivity index (χ4n) is 1.92. The standard InChI is InChI=1S/C21H34O2/c1-3-5-6-7-8-9-10-11-12-13-14-15-16-17-18-19-21(22)23-20-4-2/h5-6,8-9,11-12,14-15H,3-4,7,10,13,16-20H2,1-2H3/b6-5+,9-8+,12-11+,15-14+. The molecule has 0 aromatic carbocycles. The third-order valence-corrected chi connectivity index (χ3v) is 3.19. The van der Waals surface area contributed by atoms with Crippen molar-refractivity contribution in [2.75, 3.05) is 6.61 Å². The number of unbranched alkanes of at least 4 members (excludes halogenated alkanes) is 2. The first-order valence-electron chi connectivity index (χ1n) is 9.06. The molecule has 0 aromatic heterocycles. The van der Waals surface area contributed by atoms with E-state index < -0.39 is 0 Å². The highest BCUT2D eigenvalue weighted by molar-refractivity contribution is 5.69. The molecule has 0 aliphatic rings. The van der Waals surface area contributed by atoms with E-state index in [2.05, 4.69) is 55.5 Å². The summed E-state index contributed by atoms with van der Waals surface area (Å²) in [7, 11) is 0. The summed E-state index contributed by atoms with van der Waals surface area (Å²) in [6, 6.07) is 0. The van der Waals surface area contributed by atoms with Crippen LogP contribution in [-0.2, 0) is 9.53 Å². The van der Waals surface area contributed by atoms with E-state index >= 15 is 0 Å². The number of carbonyl (C=O) groups excluding carboxylic acids is 1. The van der Waals surface area contributed by atoms with Crippen molar-refractivity contribution in [2.24, 2.45) is 0 Å². The average molecular weight is 319 g/mol. The Labute approximate surface area is 143 Å². The molecule has 0 bridgehead atoms. The molecule has 0 fully saturated rings. The van der Waals surface area contributed by atoms with Crippen LogP contribution < -0.4 is 0 Å². The van der Waals surface area contributed by atoms with E-state index in [1.807, 2.05) is 6.92 Å². The van der Waals surface area contributed by atoms with Gasteiger partial charge in [-0.2, -0.15) is 0 Å². The Kier molecular flexibility index (Phi) is 17.2. The van der Waals surface area contributed by atoms with Crippen LogP contribution in [0.5, 0.6) is 0 Å². The number of carbonyl (C=O) groups is 1. The Bertz CT molecular complexity index is 375. The largest absolute Gasteiger partial charge is 0.466 e. The quantitative estimate of drug-likeness (QED) is 0.213. The molecule has 0 saturated carbocycles. The topological polar surface area (TPSA) is 26.3 Å². The maximum absolute atomic E-state index is 11.3. The zero-order valence-electron chi connectivity index (χ0n) is 15.0. The molecule has 0 aliphatic heterocycles. The number of ether oxygens (including phenoxy) is 1. The molecule has 0 radical (unpaired) electrons.